The summed E-state index contributed by atoms with van der Waals surface area (Å²) in [7, 11) is 0. The van der Waals surface area contributed by atoms with Gasteiger partial charge in [-0.3, -0.25) is 4.79 Å². The Morgan fingerprint density at radius 2 is 1.97 bits per heavy atom. The molecule has 0 saturated carbocycles. The van der Waals surface area contributed by atoms with E-state index in [2.05, 4.69) is 10.3 Å². The standard InChI is InChI=1S/C19H14Cl2N2O5S/c1-2-28-19(27)13-8-29-18(23-13)15-11(20)4-5-12(16(15)21)22-17(26)10-7-9(24)3-6-14(10)25/h3-8,24-25H,2H2,1H3,(H,22,26). The molecule has 0 bridgehead atoms. The quantitative estimate of drug-likeness (QED) is 0.372. The highest BCUT2D eigenvalue weighted by molar-refractivity contribution is 7.13. The smallest absolute Gasteiger partial charge is 0.357 e. The molecule has 7 nitrogen and oxygen atoms in total. The first-order valence-electron chi connectivity index (χ1n) is 8.26. The molecule has 0 fully saturated rings. The zero-order chi connectivity index (χ0) is 21.1. The summed E-state index contributed by atoms with van der Waals surface area (Å²) in [6, 6.07) is 6.59. The predicted octanol–water partition coefficient (Wildman–Crippen LogP) is 4.96. The highest BCUT2D eigenvalue weighted by Gasteiger charge is 2.21. The van der Waals surface area contributed by atoms with Crippen LogP contribution in [-0.4, -0.2) is 33.7 Å². The van der Waals surface area contributed by atoms with E-state index in [1.807, 2.05) is 0 Å². The monoisotopic (exact) mass is 452 g/mol. The number of anilines is 1. The fraction of sp³-hybridized carbons (Fsp3) is 0.105. The molecular weight excluding hydrogens is 439 g/mol. The number of thiazole rings is 1. The van der Waals surface area contributed by atoms with Gasteiger partial charge < -0.3 is 20.3 Å². The maximum Gasteiger partial charge on any atom is 0.357 e. The predicted molar refractivity (Wildman–Crippen MR) is 111 cm³/mol. The maximum atomic E-state index is 12.5. The molecule has 10 heteroatoms. The molecule has 1 heterocycles. The summed E-state index contributed by atoms with van der Waals surface area (Å²) in [5, 5.41) is 24.2. The van der Waals surface area contributed by atoms with Gasteiger partial charge in [0.2, 0.25) is 0 Å². The van der Waals surface area contributed by atoms with Crippen LogP contribution in [0.2, 0.25) is 10.0 Å². The van der Waals surface area contributed by atoms with Crippen molar-refractivity contribution < 1.29 is 24.5 Å². The highest BCUT2D eigenvalue weighted by atomic mass is 35.5. The molecule has 0 aliphatic rings. The van der Waals surface area contributed by atoms with Crippen LogP contribution < -0.4 is 5.32 Å². The number of ether oxygens (including phenoxy) is 1. The molecule has 0 saturated heterocycles. The number of benzene rings is 2. The fourth-order valence-corrected chi connectivity index (χ4v) is 3.99. The van der Waals surface area contributed by atoms with E-state index < -0.39 is 11.9 Å². The number of esters is 1. The molecule has 0 aliphatic carbocycles. The Bertz CT molecular complexity index is 1100. The van der Waals surface area contributed by atoms with Crippen LogP contribution in [-0.2, 0) is 4.74 Å². The van der Waals surface area contributed by atoms with Gasteiger partial charge in [0, 0.05) is 10.9 Å². The Hall–Kier alpha value is -2.81. The Morgan fingerprint density at radius 1 is 1.21 bits per heavy atom. The Balaban J connectivity index is 1.94. The maximum absolute atomic E-state index is 12.5. The first-order valence-corrected chi connectivity index (χ1v) is 9.89. The largest absolute Gasteiger partial charge is 0.508 e. The van der Waals surface area contributed by atoms with Gasteiger partial charge in [0.1, 0.15) is 16.5 Å². The zero-order valence-corrected chi connectivity index (χ0v) is 17.2. The van der Waals surface area contributed by atoms with Gasteiger partial charge in [-0.05, 0) is 37.3 Å². The number of nitrogens with one attached hydrogen (secondary N) is 1. The second-order valence-electron chi connectivity index (χ2n) is 5.70. The molecule has 150 valence electrons. The number of carbonyl (C=O) groups is 2. The van der Waals surface area contributed by atoms with Crippen molar-refractivity contribution in [2.75, 3.05) is 11.9 Å². The van der Waals surface area contributed by atoms with E-state index in [-0.39, 0.29) is 45.1 Å². The number of hydrogen-bond acceptors (Lipinski definition) is 7. The molecule has 0 aliphatic heterocycles. The van der Waals surface area contributed by atoms with Crippen LogP contribution in [0.3, 0.4) is 0 Å². The molecule has 2 aromatic carbocycles. The summed E-state index contributed by atoms with van der Waals surface area (Å²) >= 11 is 13.9. The summed E-state index contributed by atoms with van der Waals surface area (Å²) in [6.07, 6.45) is 0. The van der Waals surface area contributed by atoms with Gasteiger partial charge >= 0.3 is 5.97 Å². The number of aromatic nitrogens is 1. The van der Waals surface area contributed by atoms with Crippen molar-refractivity contribution in [1.82, 2.24) is 4.98 Å². The summed E-state index contributed by atoms with van der Waals surface area (Å²) in [5.74, 6) is -1.72. The minimum atomic E-state index is -0.681. The minimum absolute atomic E-state index is 0.107. The third-order valence-corrected chi connectivity index (χ3v) is 5.33. The van der Waals surface area contributed by atoms with E-state index in [1.165, 1.54) is 29.6 Å². The molecule has 3 aromatic rings. The Labute approximate surface area is 179 Å². The Kier molecular flexibility index (Phi) is 6.26. The lowest BCUT2D eigenvalue weighted by atomic mass is 10.1. The number of hydrogen-bond donors (Lipinski definition) is 3. The number of rotatable bonds is 5. The molecule has 1 aromatic heterocycles. The number of phenols is 2. The van der Waals surface area contributed by atoms with Crippen molar-refractivity contribution in [2.24, 2.45) is 0 Å². The van der Waals surface area contributed by atoms with E-state index in [4.69, 9.17) is 27.9 Å². The van der Waals surface area contributed by atoms with E-state index in [0.29, 0.717) is 10.6 Å². The molecule has 0 atom stereocenters. The lowest BCUT2D eigenvalue weighted by Crippen LogP contribution is -2.12. The van der Waals surface area contributed by atoms with Crippen LogP contribution in [0.1, 0.15) is 27.8 Å². The fourth-order valence-electron chi connectivity index (χ4n) is 2.43. The van der Waals surface area contributed by atoms with Crippen LogP contribution in [0.4, 0.5) is 5.69 Å². The lowest BCUT2D eigenvalue weighted by Gasteiger charge is -2.12. The average molecular weight is 453 g/mol. The van der Waals surface area contributed by atoms with Crippen LogP contribution >= 0.6 is 34.5 Å². The number of carbonyl (C=O) groups excluding carboxylic acids is 2. The highest BCUT2D eigenvalue weighted by Crippen LogP contribution is 2.41. The van der Waals surface area contributed by atoms with Crippen LogP contribution in [0.5, 0.6) is 11.5 Å². The van der Waals surface area contributed by atoms with Crippen molar-refractivity contribution in [2.45, 2.75) is 6.92 Å². The number of amides is 1. The zero-order valence-electron chi connectivity index (χ0n) is 14.9. The van der Waals surface area contributed by atoms with Gasteiger partial charge in [-0.25, -0.2) is 9.78 Å². The minimum Gasteiger partial charge on any atom is -0.508 e. The number of halogens is 2. The molecule has 0 unspecified atom stereocenters. The summed E-state index contributed by atoms with van der Waals surface area (Å²) in [6.45, 7) is 1.91. The number of aromatic hydroxyl groups is 2. The molecule has 1 amide bonds. The normalized spacial score (nSPS) is 10.6. The van der Waals surface area contributed by atoms with E-state index in [9.17, 15) is 19.8 Å². The average Bonchev–Trinajstić information content (AvgIpc) is 3.16. The third kappa shape index (κ3) is 4.45. The molecule has 0 spiro atoms. The van der Waals surface area contributed by atoms with Gasteiger partial charge in [-0.1, -0.05) is 23.2 Å². The molecule has 29 heavy (non-hydrogen) atoms. The third-order valence-electron chi connectivity index (χ3n) is 3.77. The lowest BCUT2D eigenvalue weighted by molar-refractivity contribution is 0.0520. The molecular formula is C19H14Cl2N2O5S. The summed E-state index contributed by atoms with van der Waals surface area (Å²) in [5.41, 5.74) is 0.549. The van der Waals surface area contributed by atoms with Crippen molar-refractivity contribution in [1.29, 1.82) is 0 Å². The first-order chi connectivity index (χ1) is 13.8. The van der Waals surface area contributed by atoms with Crippen LogP contribution in [0, 0.1) is 0 Å². The van der Waals surface area contributed by atoms with Crippen LogP contribution in [0.25, 0.3) is 10.6 Å². The molecule has 3 N–H and O–H groups in total. The Morgan fingerprint density at radius 3 is 2.69 bits per heavy atom. The van der Waals surface area contributed by atoms with Crippen molar-refractivity contribution in [3.05, 3.63) is 57.0 Å². The van der Waals surface area contributed by atoms with Gasteiger partial charge in [0.25, 0.3) is 5.91 Å². The second-order valence-corrected chi connectivity index (χ2v) is 7.34. The number of phenolic OH excluding ortho intramolecular Hbond substituents is 2. The topological polar surface area (TPSA) is 109 Å². The van der Waals surface area contributed by atoms with E-state index >= 15 is 0 Å². The number of nitrogens with zero attached hydrogens (tertiary/aromatic N) is 1. The second kappa shape index (κ2) is 8.69. The van der Waals surface area contributed by atoms with Gasteiger partial charge in [-0.15, -0.1) is 11.3 Å². The van der Waals surface area contributed by atoms with Gasteiger partial charge in [0.15, 0.2) is 5.69 Å². The SMILES string of the molecule is CCOC(=O)c1csc(-c2c(Cl)ccc(NC(=O)c3cc(O)ccc3O)c2Cl)n1. The summed E-state index contributed by atoms with van der Waals surface area (Å²) in [4.78, 5) is 28.5. The van der Waals surface area contributed by atoms with Crippen LogP contribution in [0.15, 0.2) is 35.7 Å². The first kappa shape index (κ1) is 20.9. The van der Waals surface area contributed by atoms with E-state index in [0.717, 1.165) is 17.4 Å². The van der Waals surface area contributed by atoms with Gasteiger partial charge in [-0.2, -0.15) is 0 Å². The van der Waals surface area contributed by atoms with Crippen molar-refractivity contribution in [3.63, 3.8) is 0 Å². The van der Waals surface area contributed by atoms with Gasteiger partial charge in [0.05, 0.1) is 27.9 Å². The van der Waals surface area contributed by atoms with Crippen molar-refractivity contribution >= 4 is 52.1 Å². The molecule has 0 radical (unpaired) electrons. The van der Waals surface area contributed by atoms with Crippen molar-refractivity contribution in [3.8, 4) is 22.1 Å². The van der Waals surface area contributed by atoms with E-state index in [1.54, 1.807) is 6.92 Å². The molecule has 3 rings (SSSR count). The summed E-state index contributed by atoms with van der Waals surface area (Å²) < 4.78 is 4.92.